The van der Waals surface area contributed by atoms with E-state index in [1.165, 1.54) is 5.56 Å². The second-order valence-corrected chi connectivity index (χ2v) is 5.51. The van der Waals surface area contributed by atoms with Crippen molar-refractivity contribution in [1.29, 1.82) is 0 Å². The van der Waals surface area contributed by atoms with Crippen LogP contribution in [0.25, 0.3) is 0 Å². The first-order valence-electron chi connectivity index (χ1n) is 8.22. The summed E-state index contributed by atoms with van der Waals surface area (Å²) in [5.41, 5.74) is 2.49. The van der Waals surface area contributed by atoms with Crippen LogP contribution < -0.4 is 5.32 Å². The number of rotatable bonds is 9. The van der Waals surface area contributed by atoms with Crippen molar-refractivity contribution in [2.75, 3.05) is 13.1 Å². The van der Waals surface area contributed by atoms with Crippen molar-refractivity contribution in [2.45, 2.75) is 53.6 Å². The largest absolute Gasteiger partial charge is 0.352 e. The van der Waals surface area contributed by atoms with Crippen molar-refractivity contribution in [3.8, 4) is 0 Å². The molecule has 0 fully saturated rings. The Hall–Kier alpha value is -1.35. The van der Waals surface area contributed by atoms with Gasteiger partial charge < -0.3 is 5.32 Å². The van der Waals surface area contributed by atoms with Crippen LogP contribution in [-0.4, -0.2) is 23.9 Å². The Morgan fingerprint density at radius 3 is 2.00 bits per heavy atom. The van der Waals surface area contributed by atoms with E-state index >= 15 is 0 Å². The maximum Gasteiger partial charge on any atom is 0.223 e. The third-order valence-corrected chi connectivity index (χ3v) is 4.15. The summed E-state index contributed by atoms with van der Waals surface area (Å²) in [4.78, 5) is 14.3. The molecule has 0 heterocycles. The molecule has 0 saturated carbocycles. The number of nitrogens with zero attached hydrogens (tertiary/aromatic N) is 1. The lowest BCUT2D eigenvalue weighted by Gasteiger charge is -2.18. The van der Waals surface area contributed by atoms with E-state index in [4.69, 9.17) is 0 Å². The first-order valence-corrected chi connectivity index (χ1v) is 8.22. The summed E-state index contributed by atoms with van der Waals surface area (Å²) in [6.07, 6.45) is 1.82. The van der Waals surface area contributed by atoms with E-state index in [2.05, 4.69) is 62.2 Å². The van der Waals surface area contributed by atoms with Gasteiger partial charge in [0, 0.05) is 19.0 Å². The maximum atomic E-state index is 12.0. The molecule has 1 N–H and O–H groups in total. The molecule has 0 atom stereocenters. The van der Waals surface area contributed by atoms with Gasteiger partial charge >= 0.3 is 0 Å². The van der Waals surface area contributed by atoms with Crippen LogP contribution in [0.2, 0.25) is 0 Å². The van der Waals surface area contributed by atoms with Gasteiger partial charge in [0.2, 0.25) is 5.91 Å². The molecule has 0 spiro atoms. The quantitative estimate of drug-likeness (QED) is 0.754. The number of hydrogen-bond donors (Lipinski definition) is 1. The molecule has 1 amide bonds. The highest BCUT2D eigenvalue weighted by Crippen LogP contribution is 2.10. The predicted molar refractivity (Wildman–Crippen MR) is 89.0 cm³/mol. The van der Waals surface area contributed by atoms with E-state index in [0.29, 0.717) is 6.54 Å². The van der Waals surface area contributed by atoms with Gasteiger partial charge in [0.25, 0.3) is 0 Å². The summed E-state index contributed by atoms with van der Waals surface area (Å²) < 4.78 is 0. The zero-order chi connectivity index (χ0) is 15.7. The summed E-state index contributed by atoms with van der Waals surface area (Å²) >= 11 is 0. The van der Waals surface area contributed by atoms with Crippen LogP contribution in [0.4, 0.5) is 0 Å². The van der Waals surface area contributed by atoms with Gasteiger partial charge in [-0.1, -0.05) is 52.0 Å². The Kier molecular flexibility index (Phi) is 8.06. The molecule has 3 nitrogen and oxygen atoms in total. The summed E-state index contributed by atoms with van der Waals surface area (Å²) in [7, 11) is 0. The molecule has 0 bridgehead atoms. The van der Waals surface area contributed by atoms with Crippen molar-refractivity contribution >= 4 is 5.91 Å². The van der Waals surface area contributed by atoms with Gasteiger partial charge in [-0.2, -0.15) is 0 Å². The van der Waals surface area contributed by atoms with E-state index in [1.807, 2.05) is 0 Å². The Morgan fingerprint density at radius 1 is 1.00 bits per heavy atom. The van der Waals surface area contributed by atoms with Gasteiger partial charge in [0.15, 0.2) is 0 Å². The summed E-state index contributed by atoms with van der Waals surface area (Å²) in [6, 6.07) is 8.56. The van der Waals surface area contributed by atoms with Crippen LogP contribution in [0.1, 0.15) is 51.7 Å². The van der Waals surface area contributed by atoms with Gasteiger partial charge in [-0.05, 0) is 37.1 Å². The monoisotopic (exact) mass is 290 g/mol. The SMILES string of the molecule is CCC(CC)C(=O)NCc1ccc(CN(CC)CC)cc1. The molecule has 0 aromatic heterocycles. The third-order valence-electron chi connectivity index (χ3n) is 4.15. The summed E-state index contributed by atoms with van der Waals surface area (Å²) in [6.45, 7) is 12.3. The third kappa shape index (κ3) is 5.88. The summed E-state index contributed by atoms with van der Waals surface area (Å²) in [5.74, 6) is 0.319. The fourth-order valence-electron chi connectivity index (χ4n) is 2.46. The highest BCUT2D eigenvalue weighted by Gasteiger charge is 2.13. The Balaban J connectivity index is 2.49. The average molecular weight is 290 g/mol. The number of carbonyl (C=O) groups is 1. The lowest BCUT2D eigenvalue weighted by Crippen LogP contribution is -2.29. The molecule has 0 aliphatic heterocycles. The molecule has 118 valence electrons. The fraction of sp³-hybridized carbons (Fsp3) is 0.611. The Morgan fingerprint density at radius 2 is 1.52 bits per heavy atom. The van der Waals surface area contributed by atoms with Crippen LogP contribution in [0.3, 0.4) is 0 Å². The number of carbonyl (C=O) groups excluding carboxylic acids is 1. The fourth-order valence-corrected chi connectivity index (χ4v) is 2.46. The molecular formula is C18H30N2O. The number of nitrogens with one attached hydrogen (secondary N) is 1. The lowest BCUT2D eigenvalue weighted by atomic mass is 10.0. The van der Waals surface area contributed by atoms with Gasteiger partial charge in [-0.3, -0.25) is 9.69 Å². The van der Waals surface area contributed by atoms with Crippen molar-refractivity contribution in [3.05, 3.63) is 35.4 Å². The van der Waals surface area contributed by atoms with Crippen LogP contribution in [-0.2, 0) is 17.9 Å². The van der Waals surface area contributed by atoms with Crippen LogP contribution in [0, 0.1) is 5.92 Å². The normalized spacial score (nSPS) is 11.1. The lowest BCUT2D eigenvalue weighted by molar-refractivity contribution is -0.125. The van der Waals surface area contributed by atoms with Crippen LogP contribution in [0.15, 0.2) is 24.3 Å². The molecular weight excluding hydrogens is 260 g/mol. The molecule has 0 radical (unpaired) electrons. The van der Waals surface area contributed by atoms with E-state index in [0.717, 1.165) is 38.0 Å². The van der Waals surface area contributed by atoms with E-state index in [1.54, 1.807) is 0 Å². The van der Waals surface area contributed by atoms with E-state index < -0.39 is 0 Å². The molecule has 1 rings (SSSR count). The van der Waals surface area contributed by atoms with Crippen molar-refractivity contribution < 1.29 is 4.79 Å². The highest BCUT2D eigenvalue weighted by molar-refractivity contribution is 5.78. The minimum atomic E-state index is 0.145. The molecule has 1 aromatic rings. The molecule has 0 unspecified atom stereocenters. The second kappa shape index (κ2) is 9.56. The first-order chi connectivity index (χ1) is 10.1. The number of benzene rings is 1. The maximum absolute atomic E-state index is 12.0. The van der Waals surface area contributed by atoms with Crippen LogP contribution >= 0.6 is 0 Å². The minimum absolute atomic E-state index is 0.145. The van der Waals surface area contributed by atoms with Crippen molar-refractivity contribution in [2.24, 2.45) is 5.92 Å². The average Bonchev–Trinajstić information content (AvgIpc) is 2.53. The molecule has 21 heavy (non-hydrogen) atoms. The summed E-state index contributed by atoms with van der Waals surface area (Å²) in [5, 5.41) is 3.03. The minimum Gasteiger partial charge on any atom is -0.352 e. The first kappa shape index (κ1) is 17.7. The van der Waals surface area contributed by atoms with Crippen molar-refractivity contribution in [1.82, 2.24) is 10.2 Å². The smallest absolute Gasteiger partial charge is 0.223 e. The predicted octanol–water partition coefficient (Wildman–Crippen LogP) is 3.58. The Bertz CT molecular complexity index is 406. The Labute approximate surface area is 129 Å². The molecule has 3 heteroatoms. The highest BCUT2D eigenvalue weighted by atomic mass is 16.1. The molecule has 0 aliphatic carbocycles. The zero-order valence-corrected chi connectivity index (χ0v) is 14.0. The van der Waals surface area contributed by atoms with Gasteiger partial charge in [0.05, 0.1) is 0 Å². The molecule has 0 aliphatic rings. The number of amides is 1. The number of hydrogen-bond acceptors (Lipinski definition) is 2. The van der Waals surface area contributed by atoms with Crippen LogP contribution in [0.5, 0.6) is 0 Å². The second-order valence-electron chi connectivity index (χ2n) is 5.51. The topological polar surface area (TPSA) is 32.3 Å². The van der Waals surface area contributed by atoms with E-state index in [9.17, 15) is 4.79 Å². The van der Waals surface area contributed by atoms with Gasteiger partial charge in [0.1, 0.15) is 0 Å². The zero-order valence-electron chi connectivity index (χ0n) is 14.0. The van der Waals surface area contributed by atoms with Gasteiger partial charge in [-0.15, -0.1) is 0 Å². The van der Waals surface area contributed by atoms with E-state index in [-0.39, 0.29) is 11.8 Å². The van der Waals surface area contributed by atoms with Crippen molar-refractivity contribution in [3.63, 3.8) is 0 Å². The molecule has 0 saturated heterocycles. The molecule has 1 aromatic carbocycles. The van der Waals surface area contributed by atoms with Gasteiger partial charge in [-0.25, -0.2) is 0 Å². The standard InChI is InChI=1S/C18H30N2O/c1-5-17(6-2)18(21)19-13-15-9-11-16(12-10-15)14-20(7-3)8-4/h9-12,17H,5-8,13-14H2,1-4H3,(H,19,21).